The molecule has 0 saturated carbocycles. The molecule has 1 atom stereocenters. The Hall–Kier alpha value is -1.07. The number of ether oxygens (including phenoxy) is 2. The third-order valence-electron chi connectivity index (χ3n) is 2.82. The van der Waals surface area contributed by atoms with E-state index in [0.717, 1.165) is 11.1 Å². The molecule has 0 bridgehead atoms. The van der Waals surface area contributed by atoms with Gasteiger partial charge in [-0.1, -0.05) is 0 Å². The molecule has 1 aromatic rings. The molecule has 0 fully saturated rings. The predicted molar refractivity (Wildman–Crippen MR) is 89.5 cm³/mol. The highest BCUT2D eigenvalue weighted by atomic mass is 35.5. The van der Waals surface area contributed by atoms with E-state index in [2.05, 4.69) is 4.40 Å². The van der Waals surface area contributed by atoms with E-state index >= 15 is 0 Å². The van der Waals surface area contributed by atoms with Crippen LogP contribution in [-0.4, -0.2) is 35.3 Å². The zero-order valence-corrected chi connectivity index (χ0v) is 14.7. The first-order valence-electron chi connectivity index (χ1n) is 6.60. The van der Waals surface area contributed by atoms with Gasteiger partial charge < -0.3 is 9.47 Å². The maximum Gasteiger partial charge on any atom is 0.161 e. The van der Waals surface area contributed by atoms with Crippen molar-refractivity contribution in [2.75, 3.05) is 20.1 Å². The molecule has 0 radical (unpaired) electrons. The van der Waals surface area contributed by atoms with E-state index in [4.69, 9.17) is 21.1 Å². The summed E-state index contributed by atoms with van der Waals surface area (Å²) in [5.74, 6) is 1.74. The number of rotatable bonds is 6. The van der Waals surface area contributed by atoms with Crippen molar-refractivity contribution >= 4 is 28.8 Å². The van der Waals surface area contributed by atoms with Crippen LogP contribution in [0, 0.1) is 0 Å². The van der Waals surface area contributed by atoms with Crippen molar-refractivity contribution < 1.29 is 13.7 Å². The van der Waals surface area contributed by atoms with Gasteiger partial charge in [-0.15, -0.1) is 11.6 Å². The lowest BCUT2D eigenvalue weighted by atomic mass is 10.0. The highest BCUT2D eigenvalue weighted by molar-refractivity contribution is 7.85. The molecule has 0 saturated heterocycles. The number of hydrogen-bond acceptors (Lipinski definition) is 3. The van der Waals surface area contributed by atoms with Gasteiger partial charge in [-0.25, -0.2) is 4.21 Å². The molecule has 4 nitrogen and oxygen atoms in total. The summed E-state index contributed by atoms with van der Waals surface area (Å²) in [7, 11) is 1.86. The molecule has 1 rings (SSSR count). The summed E-state index contributed by atoms with van der Waals surface area (Å²) in [6.07, 6.45) is 2.29. The minimum absolute atomic E-state index is 0.389. The third-order valence-corrected chi connectivity index (χ3v) is 4.35. The first-order chi connectivity index (χ1) is 9.83. The molecule has 0 aromatic heterocycles. The number of alkyl halides is 1. The van der Waals surface area contributed by atoms with Crippen LogP contribution in [0.3, 0.4) is 0 Å². The standard InChI is InChI=1S/C15H22ClNO3S/c1-15(2,3)21(18)17-10-12-9-14(20-5)13(19-4)8-11(12)6-7-16/h8-10H,6-7H2,1-5H3/b17-10+/t21-/m1/s1. The fourth-order valence-corrected chi connectivity index (χ4v) is 2.37. The van der Waals surface area contributed by atoms with Crippen LogP contribution in [0.1, 0.15) is 31.9 Å². The van der Waals surface area contributed by atoms with E-state index in [0.29, 0.717) is 23.8 Å². The summed E-state index contributed by atoms with van der Waals surface area (Å²) in [6, 6.07) is 3.70. The molecule has 0 spiro atoms. The fraction of sp³-hybridized carbons (Fsp3) is 0.533. The lowest BCUT2D eigenvalue weighted by Crippen LogP contribution is -2.19. The highest BCUT2D eigenvalue weighted by Gasteiger charge is 2.18. The molecule has 0 unspecified atom stereocenters. The van der Waals surface area contributed by atoms with Gasteiger partial charge in [0.2, 0.25) is 0 Å². The summed E-state index contributed by atoms with van der Waals surface area (Å²) in [5, 5.41) is 0. The Kier molecular flexibility index (Phi) is 6.68. The maximum absolute atomic E-state index is 12.0. The normalized spacial score (nSPS) is 13.4. The quantitative estimate of drug-likeness (QED) is 0.593. The van der Waals surface area contributed by atoms with Gasteiger partial charge >= 0.3 is 0 Å². The number of hydrogen-bond donors (Lipinski definition) is 0. The predicted octanol–water partition coefficient (Wildman–Crippen LogP) is 3.37. The molecule has 0 amide bonds. The number of halogens is 1. The topological polar surface area (TPSA) is 47.9 Å². The van der Waals surface area contributed by atoms with Crippen molar-refractivity contribution in [1.82, 2.24) is 0 Å². The van der Waals surface area contributed by atoms with Crippen molar-refractivity contribution in [2.24, 2.45) is 4.40 Å². The summed E-state index contributed by atoms with van der Waals surface area (Å²) >= 11 is 5.84. The number of nitrogens with zero attached hydrogens (tertiary/aromatic N) is 1. The zero-order valence-electron chi connectivity index (χ0n) is 13.1. The van der Waals surface area contributed by atoms with Gasteiger partial charge in [0.25, 0.3) is 0 Å². The Balaban J connectivity index is 3.20. The van der Waals surface area contributed by atoms with Gasteiger partial charge in [0, 0.05) is 17.7 Å². The molecule has 21 heavy (non-hydrogen) atoms. The summed E-state index contributed by atoms with van der Waals surface area (Å²) in [5.41, 5.74) is 1.82. The summed E-state index contributed by atoms with van der Waals surface area (Å²) < 4.78 is 26.3. The second kappa shape index (κ2) is 7.80. The van der Waals surface area contributed by atoms with E-state index in [9.17, 15) is 4.21 Å². The van der Waals surface area contributed by atoms with Gasteiger partial charge in [0.1, 0.15) is 11.0 Å². The lowest BCUT2D eigenvalue weighted by molar-refractivity contribution is 0.354. The van der Waals surface area contributed by atoms with E-state index in [1.165, 1.54) is 0 Å². The van der Waals surface area contributed by atoms with Crippen LogP contribution < -0.4 is 9.47 Å². The van der Waals surface area contributed by atoms with Gasteiger partial charge in [0.15, 0.2) is 11.5 Å². The molecule has 0 heterocycles. The van der Waals surface area contributed by atoms with E-state index in [-0.39, 0.29) is 4.75 Å². The molecule has 0 aliphatic carbocycles. The average Bonchev–Trinajstić information content (AvgIpc) is 2.44. The number of benzene rings is 1. The molecule has 118 valence electrons. The second-order valence-corrected chi connectivity index (χ2v) is 7.75. The van der Waals surface area contributed by atoms with Gasteiger partial charge in [-0.05, 0) is 44.9 Å². The van der Waals surface area contributed by atoms with Gasteiger partial charge in [-0.3, -0.25) is 0 Å². The van der Waals surface area contributed by atoms with Gasteiger partial charge in [0.05, 0.1) is 19.0 Å². The molecule has 6 heteroatoms. The van der Waals surface area contributed by atoms with Gasteiger partial charge in [-0.2, -0.15) is 4.40 Å². The average molecular weight is 332 g/mol. The van der Waals surface area contributed by atoms with Crippen molar-refractivity contribution in [2.45, 2.75) is 31.9 Å². The monoisotopic (exact) mass is 331 g/mol. The first kappa shape index (κ1) is 18.0. The lowest BCUT2D eigenvalue weighted by Gasteiger charge is -2.14. The Morgan fingerprint density at radius 2 is 1.81 bits per heavy atom. The SMILES string of the molecule is COc1cc(/C=N/[S@](=O)C(C)(C)C)c(CCCl)cc1OC. The van der Waals surface area contributed by atoms with Crippen LogP contribution in [-0.2, 0) is 17.4 Å². The summed E-state index contributed by atoms with van der Waals surface area (Å²) in [6.45, 7) is 5.65. The molecular formula is C15H22ClNO3S. The van der Waals surface area contributed by atoms with Crippen molar-refractivity contribution in [3.8, 4) is 11.5 Å². The Morgan fingerprint density at radius 3 is 2.29 bits per heavy atom. The highest BCUT2D eigenvalue weighted by Crippen LogP contribution is 2.30. The Bertz CT molecular complexity index is 538. The third kappa shape index (κ3) is 5.00. The zero-order chi connectivity index (χ0) is 16.0. The van der Waals surface area contributed by atoms with E-state index in [1.54, 1.807) is 20.4 Å². The van der Waals surface area contributed by atoms with E-state index in [1.807, 2.05) is 32.9 Å². The molecule has 0 N–H and O–H groups in total. The van der Waals surface area contributed by atoms with Crippen molar-refractivity contribution in [3.63, 3.8) is 0 Å². The molecule has 0 aliphatic rings. The van der Waals surface area contributed by atoms with Crippen LogP contribution in [0.2, 0.25) is 0 Å². The molecular weight excluding hydrogens is 310 g/mol. The Labute approximate surface area is 134 Å². The fourth-order valence-electron chi connectivity index (χ4n) is 1.64. The summed E-state index contributed by atoms with van der Waals surface area (Å²) in [4.78, 5) is 0. The Morgan fingerprint density at radius 1 is 1.24 bits per heavy atom. The van der Waals surface area contributed by atoms with Crippen LogP contribution in [0.15, 0.2) is 16.5 Å². The second-order valence-electron chi connectivity index (χ2n) is 5.44. The smallest absolute Gasteiger partial charge is 0.161 e. The minimum atomic E-state index is -1.30. The van der Waals surface area contributed by atoms with Crippen LogP contribution >= 0.6 is 11.6 Å². The van der Waals surface area contributed by atoms with Crippen LogP contribution in [0.5, 0.6) is 11.5 Å². The van der Waals surface area contributed by atoms with Crippen molar-refractivity contribution in [1.29, 1.82) is 0 Å². The molecule has 1 aromatic carbocycles. The first-order valence-corrected chi connectivity index (χ1v) is 8.24. The largest absolute Gasteiger partial charge is 0.493 e. The van der Waals surface area contributed by atoms with Crippen LogP contribution in [0.25, 0.3) is 0 Å². The molecule has 0 aliphatic heterocycles. The van der Waals surface area contributed by atoms with Crippen molar-refractivity contribution in [3.05, 3.63) is 23.3 Å². The minimum Gasteiger partial charge on any atom is -0.493 e. The van der Waals surface area contributed by atoms with E-state index < -0.39 is 11.0 Å². The number of aryl methyl sites for hydroxylation is 1. The maximum atomic E-state index is 12.0. The van der Waals surface area contributed by atoms with Crippen LogP contribution in [0.4, 0.5) is 0 Å². The number of methoxy groups -OCH3 is 2.